The van der Waals surface area contributed by atoms with Crippen LogP contribution in [-0.4, -0.2) is 34.6 Å². The molecule has 3 N–H and O–H groups in total. The quantitative estimate of drug-likeness (QED) is 0.811. The van der Waals surface area contributed by atoms with Gasteiger partial charge in [-0.15, -0.1) is 0 Å². The molecule has 0 heterocycles. The number of benzene rings is 1. The van der Waals surface area contributed by atoms with Crippen LogP contribution in [0.1, 0.15) is 17.3 Å². The Hall–Kier alpha value is -0.860. The first kappa shape index (κ1) is 18.2. The Kier molecular flexibility index (Phi) is 6.42. The molecule has 9 heteroatoms. The SMILES string of the molecule is COCC(C)CNC(=O)c1cc(Cl)c(Cl)c(S(N)(=O)=O)c1. The van der Waals surface area contributed by atoms with Gasteiger partial charge in [-0.25, -0.2) is 13.6 Å². The fourth-order valence-corrected chi connectivity index (χ4v) is 2.97. The number of ether oxygens (including phenoxy) is 1. The number of nitrogens with one attached hydrogen (secondary N) is 1. The standard InChI is InChI=1S/C12H16Cl2N2O4S/c1-7(6-20-2)5-16-12(17)8-3-9(13)11(14)10(4-8)21(15,18)19/h3-4,7H,5-6H2,1-2H3,(H,16,17)(H2,15,18,19). The fraction of sp³-hybridized carbons (Fsp3) is 0.417. The Balaban J connectivity index is 2.99. The molecule has 0 aromatic heterocycles. The van der Waals surface area contributed by atoms with Crippen LogP contribution in [0.2, 0.25) is 10.0 Å². The molecule has 1 atom stereocenters. The number of methoxy groups -OCH3 is 1. The summed E-state index contributed by atoms with van der Waals surface area (Å²) < 4.78 is 27.8. The maximum Gasteiger partial charge on any atom is 0.251 e. The number of carbonyl (C=O) groups is 1. The van der Waals surface area contributed by atoms with Crippen LogP contribution in [0.3, 0.4) is 0 Å². The van der Waals surface area contributed by atoms with E-state index in [-0.39, 0.29) is 26.4 Å². The molecule has 0 saturated carbocycles. The van der Waals surface area contributed by atoms with Gasteiger partial charge in [0.1, 0.15) is 4.90 Å². The molecule has 1 aromatic carbocycles. The van der Waals surface area contributed by atoms with Crippen molar-refractivity contribution in [1.82, 2.24) is 5.32 Å². The van der Waals surface area contributed by atoms with Crippen LogP contribution in [-0.2, 0) is 14.8 Å². The van der Waals surface area contributed by atoms with Crippen LogP contribution >= 0.6 is 23.2 Å². The molecule has 0 aliphatic carbocycles. The molecule has 118 valence electrons. The summed E-state index contributed by atoms with van der Waals surface area (Å²) >= 11 is 11.6. The first-order valence-electron chi connectivity index (χ1n) is 5.95. The van der Waals surface area contributed by atoms with Crippen molar-refractivity contribution in [2.45, 2.75) is 11.8 Å². The molecule has 1 amide bonds. The maximum atomic E-state index is 12.0. The molecule has 0 radical (unpaired) electrons. The van der Waals surface area contributed by atoms with Crippen molar-refractivity contribution in [2.75, 3.05) is 20.3 Å². The minimum atomic E-state index is -4.07. The summed E-state index contributed by atoms with van der Waals surface area (Å²) in [6.07, 6.45) is 0. The molecule has 1 unspecified atom stereocenters. The second-order valence-electron chi connectivity index (χ2n) is 4.59. The van der Waals surface area contributed by atoms with Gasteiger partial charge in [-0.05, 0) is 18.1 Å². The Morgan fingerprint density at radius 1 is 1.43 bits per heavy atom. The smallest absolute Gasteiger partial charge is 0.251 e. The Morgan fingerprint density at radius 3 is 2.57 bits per heavy atom. The summed E-state index contributed by atoms with van der Waals surface area (Å²) in [6.45, 7) is 2.76. The molecule has 21 heavy (non-hydrogen) atoms. The minimum Gasteiger partial charge on any atom is -0.384 e. The van der Waals surface area contributed by atoms with Crippen LogP contribution in [0.4, 0.5) is 0 Å². The van der Waals surface area contributed by atoms with Gasteiger partial charge >= 0.3 is 0 Å². The third-order valence-corrected chi connectivity index (χ3v) is 4.47. The van der Waals surface area contributed by atoms with E-state index in [2.05, 4.69) is 5.32 Å². The van der Waals surface area contributed by atoms with Crippen molar-refractivity contribution in [2.24, 2.45) is 11.1 Å². The van der Waals surface area contributed by atoms with E-state index in [1.807, 2.05) is 6.92 Å². The lowest BCUT2D eigenvalue weighted by Gasteiger charge is -2.12. The molecule has 1 rings (SSSR count). The third-order valence-electron chi connectivity index (χ3n) is 2.63. The zero-order valence-electron chi connectivity index (χ0n) is 11.5. The summed E-state index contributed by atoms with van der Waals surface area (Å²) in [4.78, 5) is 11.6. The topological polar surface area (TPSA) is 98.5 Å². The van der Waals surface area contributed by atoms with Gasteiger partial charge in [0, 0.05) is 19.2 Å². The third kappa shape index (κ3) is 5.12. The first-order valence-corrected chi connectivity index (χ1v) is 8.26. The average Bonchev–Trinajstić information content (AvgIpc) is 2.38. The van der Waals surface area contributed by atoms with E-state index >= 15 is 0 Å². The molecule has 0 aliphatic rings. The number of halogens is 2. The number of nitrogens with two attached hydrogens (primary N) is 1. The van der Waals surface area contributed by atoms with Crippen molar-refractivity contribution >= 4 is 39.1 Å². The number of carbonyl (C=O) groups excluding carboxylic acids is 1. The van der Waals surface area contributed by atoms with E-state index in [1.165, 1.54) is 6.07 Å². The predicted molar refractivity (Wildman–Crippen MR) is 81.2 cm³/mol. The summed E-state index contributed by atoms with van der Waals surface area (Å²) in [6, 6.07) is 2.38. The normalized spacial score (nSPS) is 13.0. The van der Waals surface area contributed by atoms with E-state index in [1.54, 1.807) is 7.11 Å². The first-order chi connectivity index (χ1) is 9.66. The van der Waals surface area contributed by atoms with Crippen molar-refractivity contribution < 1.29 is 17.9 Å². The highest BCUT2D eigenvalue weighted by Gasteiger charge is 2.19. The van der Waals surface area contributed by atoms with Gasteiger partial charge in [0.2, 0.25) is 10.0 Å². The second-order valence-corrected chi connectivity index (χ2v) is 6.90. The van der Waals surface area contributed by atoms with Gasteiger partial charge in [0.15, 0.2) is 0 Å². The van der Waals surface area contributed by atoms with Gasteiger partial charge in [-0.3, -0.25) is 4.79 Å². The summed E-state index contributed by atoms with van der Waals surface area (Å²) in [5.74, 6) is -0.360. The largest absolute Gasteiger partial charge is 0.384 e. The predicted octanol–water partition coefficient (Wildman–Crippen LogP) is 1.65. The van der Waals surface area contributed by atoms with E-state index in [4.69, 9.17) is 33.1 Å². The van der Waals surface area contributed by atoms with Crippen molar-refractivity contribution in [1.29, 1.82) is 0 Å². The highest BCUT2D eigenvalue weighted by Crippen LogP contribution is 2.30. The molecule has 1 aromatic rings. The monoisotopic (exact) mass is 354 g/mol. The van der Waals surface area contributed by atoms with Crippen LogP contribution in [0.15, 0.2) is 17.0 Å². The number of sulfonamides is 1. The van der Waals surface area contributed by atoms with E-state index in [9.17, 15) is 13.2 Å². The van der Waals surface area contributed by atoms with Crippen LogP contribution in [0, 0.1) is 5.92 Å². The average molecular weight is 355 g/mol. The lowest BCUT2D eigenvalue weighted by Crippen LogP contribution is -2.30. The fourth-order valence-electron chi connectivity index (χ4n) is 1.61. The molecular formula is C12H16Cl2N2O4S. The van der Waals surface area contributed by atoms with E-state index in [0.717, 1.165) is 6.07 Å². The summed E-state index contributed by atoms with van der Waals surface area (Å²) in [5, 5.41) is 7.43. The summed E-state index contributed by atoms with van der Waals surface area (Å²) in [5.41, 5.74) is 0.0676. The highest BCUT2D eigenvalue weighted by atomic mass is 35.5. The van der Waals surface area contributed by atoms with E-state index in [0.29, 0.717) is 13.2 Å². The number of rotatable bonds is 6. The minimum absolute atomic E-state index is 0.0571. The number of hydrogen-bond acceptors (Lipinski definition) is 4. The number of primary sulfonamides is 1. The number of hydrogen-bond donors (Lipinski definition) is 2. The van der Waals surface area contributed by atoms with Crippen molar-refractivity contribution in [3.05, 3.63) is 27.7 Å². The van der Waals surface area contributed by atoms with Gasteiger partial charge in [0.05, 0.1) is 16.7 Å². The Bertz CT molecular complexity index is 634. The van der Waals surface area contributed by atoms with Crippen LogP contribution in [0.5, 0.6) is 0 Å². The Labute approximate surface area is 133 Å². The van der Waals surface area contributed by atoms with Gasteiger partial charge in [-0.2, -0.15) is 0 Å². The molecule has 6 nitrogen and oxygen atoms in total. The second kappa shape index (κ2) is 7.42. The Morgan fingerprint density at radius 2 is 2.05 bits per heavy atom. The van der Waals surface area contributed by atoms with Crippen LogP contribution < -0.4 is 10.5 Å². The van der Waals surface area contributed by atoms with Gasteiger partial charge < -0.3 is 10.1 Å². The molecule has 0 saturated heterocycles. The lowest BCUT2D eigenvalue weighted by molar-refractivity contribution is 0.0934. The van der Waals surface area contributed by atoms with Gasteiger partial charge in [0.25, 0.3) is 5.91 Å². The number of amides is 1. The highest BCUT2D eigenvalue weighted by molar-refractivity contribution is 7.89. The zero-order valence-corrected chi connectivity index (χ0v) is 13.8. The maximum absolute atomic E-state index is 12.0. The molecule has 0 bridgehead atoms. The van der Waals surface area contributed by atoms with E-state index < -0.39 is 15.9 Å². The molecule has 0 spiro atoms. The van der Waals surface area contributed by atoms with Crippen molar-refractivity contribution in [3.8, 4) is 0 Å². The zero-order chi connectivity index (χ0) is 16.2. The summed E-state index contributed by atoms with van der Waals surface area (Å²) in [7, 11) is -2.50. The van der Waals surface area contributed by atoms with Crippen LogP contribution in [0.25, 0.3) is 0 Å². The molecule has 0 fully saturated rings. The van der Waals surface area contributed by atoms with Crippen molar-refractivity contribution in [3.63, 3.8) is 0 Å². The van der Waals surface area contributed by atoms with Gasteiger partial charge in [-0.1, -0.05) is 30.1 Å². The lowest BCUT2D eigenvalue weighted by atomic mass is 10.1. The molecule has 0 aliphatic heterocycles. The molecular weight excluding hydrogens is 339 g/mol.